The first kappa shape index (κ1) is 26.4. The van der Waals surface area contributed by atoms with Crippen LogP contribution in [0.25, 0.3) is 22.2 Å². The van der Waals surface area contributed by atoms with Gasteiger partial charge >= 0.3 is 6.18 Å². The third-order valence-electron chi connectivity index (χ3n) is 5.95. The normalized spacial score (nSPS) is 11.6. The lowest BCUT2D eigenvalue weighted by Gasteiger charge is -2.10. The Balaban J connectivity index is 1.39. The van der Waals surface area contributed by atoms with Crippen molar-refractivity contribution in [2.24, 2.45) is 0 Å². The Kier molecular flexibility index (Phi) is 8.58. The van der Waals surface area contributed by atoms with Crippen molar-refractivity contribution in [3.05, 3.63) is 83.9 Å². The third kappa shape index (κ3) is 7.41. The van der Waals surface area contributed by atoms with Crippen LogP contribution < -0.4 is 9.47 Å². The Hall–Kier alpha value is -3.68. The molecular weight excluding hydrogens is 484 g/mol. The number of benzene rings is 3. The van der Waals surface area contributed by atoms with Crippen LogP contribution in [0.5, 0.6) is 11.5 Å². The third-order valence-corrected chi connectivity index (χ3v) is 5.95. The van der Waals surface area contributed by atoms with Gasteiger partial charge in [-0.3, -0.25) is 0 Å². The largest absolute Gasteiger partial charge is 0.490 e. The first-order valence-corrected chi connectivity index (χ1v) is 12.3. The minimum atomic E-state index is -4.38. The number of aromatic nitrogens is 2. The number of alkyl halides is 3. The molecule has 8 heteroatoms. The van der Waals surface area contributed by atoms with Crippen molar-refractivity contribution in [3.63, 3.8) is 0 Å². The molecule has 0 saturated heterocycles. The van der Waals surface area contributed by atoms with Crippen LogP contribution in [0.1, 0.15) is 37.3 Å². The van der Waals surface area contributed by atoms with Crippen molar-refractivity contribution in [1.82, 2.24) is 9.97 Å². The van der Waals surface area contributed by atoms with E-state index < -0.39 is 12.8 Å². The van der Waals surface area contributed by atoms with Crippen LogP contribution in [0.15, 0.2) is 67.0 Å². The molecule has 0 spiro atoms. The van der Waals surface area contributed by atoms with Crippen molar-refractivity contribution in [2.75, 3.05) is 13.2 Å². The van der Waals surface area contributed by atoms with Crippen LogP contribution in [-0.2, 0) is 12.8 Å². The van der Waals surface area contributed by atoms with Gasteiger partial charge in [0, 0.05) is 10.9 Å². The van der Waals surface area contributed by atoms with Gasteiger partial charge in [0.1, 0.15) is 11.6 Å². The van der Waals surface area contributed by atoms with E-state index in [9.17, 15) is 13.2 Å². The number of hydrogen-bond donors (Lipinski definition) is 0. The average Bonchev–Trinajstić information content (AvgIpc) is 2.90. The summed E-state index contributed by atoms with van der Waals surface area (Å²) in [7, 11) is 0. The van der Waals surface area contributed by atoms with Crippen LogP contribution in [0.3, 0.4) is 0 Å². The molecule has 1 heterocycles. The van der Waals surface area contributed by atoms with Gasteiger partial charge in [0.05, 0.1) is 19.0 Å². The molecule has 0 unspecified atom stereocenters. The van der Waals surface area contributed by atoms with Gasteiger partial charge in [-0.2, -0.15) is 13.2 Å². The molecule has 194 valence electrons. The van der Waals surface area contributed by atoms with Gasteiger partial charge in [0.15, 0.2) is 18.2 Å². The number of ether oxygens (including phenoxy) is 2. The van der Waals surface area contributed by atoms with E-state index in [1.807, 2.05) is 12.1 Å². The molecule has 0 N–H and O–H groups in total. The van der Waals surface area contributed by atoms with Gasteiger partial charge in [0.2, 0.25) is 0 Å². The Morgan fingerprint density at radius 2 is 1.57 bits per heavy atom. The minimum absolute atomic E-state index is 0.145. The monoisotopic (exact) mass is 512 g/mol. The average molecular weight is 513 g/mol. The molecule has 1 aromatic heterocycles. The summed E-state index contributed by atoms with van der Waals surface area (Å²) in [6.07, 6.45) is 3.15. The van der Waals surface area contributed by atoms with Gasteiger partial charge in [0.25, 0.3) is 0 Å². The Morgan fingerprint density at radius 1 is 0.811 bits per heavy atom. The van der Waals surface area contributed by atoms with Crippen LogP contribution in [0.2, 0.25) is 0 Å². The summed E-state index contributed by atoms with van der Waals surface area (Å²) in [6.45, 7) is 1.44. The highest BCUT2D eigenvalue weighted by molar-refractivity contribution is 5.87. The van der Waals surface area contributed by atoms with Crippen LogP contribution in [0.4, 0.5) is 17.6 Å². The number of aryl methyl sites for hydroxylation is 2. The predicted molar refractivity (Wildman–Crippen MR) is 135 cm³/mol. The lowest BCUT2D eigenvalue weighted by Crippen LogP contribution is -2.19. The highest BCUT2D eigenvalue weighted by atomic mass is 19.4. The summed E-state index contributed by atoms with van der Waals surface area (Å²) in [6, 6.07) is 15.4. The first-order valence-electron chi connectivity index (χ1n) is 12.3. The summed E-state index contributed by atoms with van der Waals surface area (Å²) in [5.41, 5.74) is 2.23. The smallest absolute Gasteiger partial charge is 0.422 e. The van der Waals surface area contributed by atoms with E-state index in [0.717, 1.165) is 35.8 Å². The number of unbranched alkanes of at least 4 members (excludes halogenated alkanes) is 2. The predicted octanol–water partition coefficient (Wildman–Crippen LogP) is 7.73. The van der Waals surface area contributed by atoms with E-state index in [2.05, 4.69) is 16.9 Å². The van der Waals surface area contributed by atoms with Crippen molar-refractivity contribution in [3.8, 4) is 22.9 Å². The van der Waals surface area contributed by atoms with E-state index >= 15 is 4.39 Å². The quantitative estimate of drug-likeness (QED) is 0.152. The highest BCUT2D eigenvalue weighted by Crippen LogP contribution is 2.27. The molecule has 0 atom stereocenters. The van der Waals surface area contributed by atoms with Crippen molar-refractivity contribution >= 4 is 10.8 Å². The standard InChI is InChI=1S/C29H28F4N2O2/c1-2-3-4-15-36-25-17-34-28(35-18-25)23-11-14-26-22(16-23)10-9-21(27(26)30)8-5-20-6-12-24(13-7-20)37-19-29(31,32)33/h6-7,9-14,16-18H,2-5,8,15,19H2,1H3. The lowest BCUT2D eigenvalue weighted by atomic mass is 9.99. The van der Waals surface area contributed by atoms with Gasteiger partial charge in [-0.25, -0.2) is 14.4 Å². The van der Waals surface area contributed by atoms with Crippen LogP contribution >= 0.6 is 0 Å². The van der Waals surface area contributed by atoms with Crippen LogP contribution in [-0.4, -0.2) is 29.4 Å². The second-order valence-corrected chi connectivity index (χ2v) is 8.82. The van der Waals surface area contributed by atoms with E-state index in [4.69, 9.17) is 9.47 Å². The molecule has 0 saturated carbocycles. The number of rotatable bonds is 11. The fraction of sp³-hybridized carbons (Fsp3) is 0.310. The SMILES string of the molecule is CCCCCOc1cnc(-c2ccc3c(F)c(CCc4ccc(OCC(F)(F)F)cc4)ccc3c2)nc1. The maximum absolute atomic E-state index is 15.2. The zero-order valence-electron chi connectivity index (χ0n) is 20.5. The topological polar surface area (TPSA) is 44.2 Å². The molecule has 4 rings (SSSR count). The molecule has 0 aliphatic rings. The van der Waals surface area contributed by atoms with Gasteiger partial charge in [-0.15, -0.1) is 0 Å². The Labute approximate surface area is 213 Å². The summed E-state index contributed by atoms with van der Waals surface area (Å²) in [4.78, 5) is 8.79. The molecule has 3 aromatic carbocycles. The van der Waals surface area contributed by atoms with E-state index in [-0.39, 0.29) is 11.6 Å². The van der Waals surface area contributed by atoms with Crippen molar-refractivity contribution in [2.45, 2.75) is 45.2 Å². The second kappa shape index (κ2) is 12.0. The Morgan fingerprint density at radius 3 is 2.27 bits per heavy atom. The van der Waals surface area contributed by atoms with Crippen LogP contribution in [0, 0.1) is 5.82 Å². The summed E-state index contributed by atoms with van der Waals surface area (Å²) in [5, 5.41) is 1.25. The molecule has 0 aliphatic carbocycles. The summed E-state index contributed by atoms with van der Waals surface area (Å²) < 4.78 is 62.5. The molecule has 4 aromatic rings. The number of nitrogens with zero attached hydrogens (tertiary/aromatic N) is 2. The highest BCUT2D eigenvalue weighted by Gasteiger charge is 2.28. The van der Waals surface area contributed by atoms with Gasteiger partial charge in [-0.1, -0.05) is 56.2 Å². The summed E-state index contributed by atoms with van der Waals surface area (Å²) >= 11 is 0. The zero-order chi connectivity index (χ0) is 26.3. The number of hydrogen-bond acceptors (Lipinski definition) is 4. The van der Waals surface area contributed by atoms with E-state index in [1.54, 1.807) is 42.7 Å². The maximum Gasteiger partial charge on any atom is 0.422 e. The van der Waals surface area contributed by atoms with Crippen molar-refractivity contribution < 1.29 is 27.0 Å². The number of fused-ring (bicyclic) bond motifs is 1. The van der Waals surface area contributed by atoms with E-state index in [1.165, 1.54) is 12.1 Å². The molecule has 0 fully saturated rings. The molecule has 0 bridgehead atoms. The van der Waals surface area contributed by atoms with Crippen molar-refractivity contribution in [1.29, 1.82) is 0 Å². The fourth-order valence-electron chi connectivity index (χ4n) is 3.95. The lowest BCUT2D eigenvalue weighted by molar-refractivity contribution is -0.153. The Bertz CT molecular complexity index is 1310. The molecule has 37 heavy (non-hydrogen) atoms. The number of halogens is 4. The zero-order valence-corrected chi connectivity index (χ0v) is 20.5. The van der Waals surface area contributed by atoms with Gasteiger partial charge < -0.3 is 9.47 Å². The first-order chi connectivity index (χ1) is 17.8. The van der Waals surface area contributed by atoms with E-state index in [0.29, 0.717) is 42.0 Å². The second-order valence-electron chi connectivity index (χ2n) is 8.82. The molecule has 0 radical (unpaired) electrons. The molecule has 4 nitrogen and oxygen atoms in total. The van der Waals surface area contributed by atoms with Gasteiger partial charge in [-0.05, 0) is 54.0 Å². The fourth-order valence-corrected chi connectivity index (χ4v) is 3.95. The molecular formula is C29H28F4N2O2. The summed E-state index contributed by atoms with van der Waals surface area (Å²) in [5.74, 6) is 1.02. The molecule has 0 amide bonds. The maximum atomic E-state index is 15.2. The molecule has 0 aliphatic heterocycles. The minimum Gasteiger partial charge on any atom is -0.490 e.